The predicted octanol–water partition coefficient (Wildman–Crippen LogP) is 1.12. The number of nitrogens with one attached hydrogen (secondary N) is 1. The highest BCUT2D eigenvalue weighted by molar-refractivity contribution is 5.94. The number of nitrogens with two attached hydrogens (primary N) is 1. The largest absolute Gasteiger partial charge is 0.316 e. The van der Waals surface area contributed by atoms with E-state index in [1.165, 1.54) is 6.33 Å². The second-order valence-electron chi connectivity index (χ2n) is 3.47. The fourth-order valence-electron chi connectivity index (χ4n) is 1.38. The summed E-state index contributed by atoms with van der Waals surface area (Å²) < 4.78 is 0. The van der Waals surface area contributed by atoms with Gasteiger partial charge in [-0.25, -0.2) is 9.97 Å². The molecule has 0 saturated carbocycles. The summed E-state index contributed by atoms with van der Waals surface area (Å²) in [5, 5.41) is 2.63. The van der Waals surface area contributed by atoms with Gasteiger partial charge in [0.05, 0.1) is 0 Å². The standard InChI is InChI=1S/C12H12N4O/c13-11(9-4-2-1-3-5-9)12(17)16-10-6-7-14-8-15-10/h1-8,11H,13H2,(H,14,15,16,17). The number of hydrogen-bond acceptors (Lipinski definition) is 4. The van der Waals surface area contributed by atoms with Crippen molar-refractivity contribution >= 4 is 11.7 Å². The Hall–Kier alpha value is -2.27. The van der Waals surface area contributed by atoms with E-state index in [0.717, 1.165) is 5.56 Å². The van der Waals surface area contributed by atoms with Gasteiger partial charge >= 0.3 is 0 Å². The van der Waals surface area contributed by atoms with Crippen molar-refractivity contribution in [2.24, 2.45) is 5.73 Å². The van der Waals surface area contributed by atoms with Crippen LogP contribution in [0, 0.1) is 0 Å². The van der Waals surface area contributed by atoms with E-state index in [0.29, 0.717) is 5.82 Å². The summed E-state index contributed by atoms with van der Waals surface area (Å²) in [6.45, 7) is 0. The van der Waals surface area contributed by atoms with Crippen LogP contribution in [0.3, 0.4) is 0 Å². The van der Waals surface area contributed by atoms with E-state index in [9.17, 15) is 4.79 Å². The zero-order valence-corrected chi connectivity index (χ0v) is 9.08. The Labute approximate surface area is 98.7 Å². The minimum absolute atomic E-state index is 0.296. The summed E-state index contributed by atoms with van der Waals surface area (Å²) in [6.07, 6.45) is 2.92. The van der Waals surface area contributed by atoms with Crippen molar-refractivity contribution in [3.05, 3.63) is 54.5 Å². The van der Waals surface area contributed by atoms with Gasteiger partial charge in [0.1, 0.15) is 18.2 Å². The van der Waals surface area contributed by atoms with Crippen LogP contribution in [0.2, 0.25) is 0 Å². The van der Waals surface area contributed by atoms with Crippen LogP contribution in [-0.2, 0) is 4.79 Å². The summed E-state index contributed by atoms with van der Waals surface area (Å²) in [6, 6.07) is 10.1. The first kappa shape index (κ1) is 11.2. The molecule has 5 heteroatoms. The maximum absolute atomic E-state index is 11.8. The van der Waals surface area contributed by atoms with Gasteiger partial charge in [-0.1, -0.05) is 30.3 Å². The SMILES string of the molecule is NC(C(=O)Nc1ccncn1)c1ccccc1. The van der Waals surface area contributed by atoms with Crippen LogP contribution in [0.15, 0.2) is 48.9 Å². The van der Waals surface area contributed by atoms with Crippen LogP contribution in [0.25, 0.3) is 0 Å². The van der Waals surface area contributed by atoms with Gasteiger partial charge in [-0.3, -0.25) is 4.79 Å². The molecule has 86 valence electrons. The number of carbonyl (C=O) groups excluding carboxylic acids is 1. The summed E-state index contributed by atoms with van der Waals surface area (Å²) >= 11 is 0. The zero-order chi connectivity index (χ0) is 12.1. The van der Waals surface area contributed by atoms with Crippen molar-refractivity contribution < 1.29 is 4.79 Å². The number of nitrogens with zero attached hydrogens (tertiary/aromatic N) is 2. The van der Waals surface area contributed by atoms with Crippen molar-refractivity contribution in [3.63, 3.8) is 0 Å². The number of amides is 1. The molecule has 0 bridgehead atoms. The van der Waals surface area contributed by atoms with E-state index in [2.05, 4.69) is 15.3 Å². The molecule has 3 N–H and O–H groups in total. The van der Waals surface area contributed by atoms with Crippen molar-refractivity contribution in [1.29, 1.82) is 0 Å². The average molecular weight is 228 g/mol. The summed E-state index contributed by atoms with van der Waals surface area (Å²) in [5.74, 6) is 0.145. The third-order valence-corrected chi connectivity index (χ3v) is 2.27. The number of anilines is 1. The van der Waals surface area contributed by atoms with Crippen molar-refractivity contribution in [2.45, 2.75) is 6.04 Å². The predicted molar refractivity (Wildman–Crippen MR) is 64.0 cm³/mol. The molecule has 2 aromatic rings. The molecule has 0 aliphatic rings. The van der Waals surface area contributed by atoms with Gasteiger partial charge in [0.25, 0.3) is 0 Å². The molecule has 1 amide bonds. The van der Waals surface area contributed by atoms with Gasteiger partial charge in [-0.15, -0.1) is 0 Å². The highest BCUT2D eigenvalue weighted by Gasteiger charge is 2.15. The van der Waals surface area contributed by atoms with Gasteiger partial charge in [0, 0.05) is 6.20 Å². The Morgan fingerprint density at radius 3 is 2.65 bits per heavy atom. The smallest absolute Gasteiger partial charge is 0.247 e. The second kappa shape index (κ2) is 5.18. The number of rotatable bonds is 3. The molecule has 1 atom stereocenters. The van der Waals surface area contributed by atoms with E-state index >= 15 is 0 Å². The van der Waals surface area contributed by atoms with Crippen molar-refractivity contribution in [2.75, 3.05) is 5.32 Å². The minimum atomic E-state index is -0.703. The summed E-state index contributed by atoms with van der Waals surface area (Å²) in [4.78, 5) is 19.5. The van der Waals surface area contributed by atoms with E-state index in [1.807, 2.05) is 30.3 Å². The first-order valence-electron chi connectivity index (χ1n) is 5.15. The Kier molecular flexibility index (Phi) is 3.42. The first-order chi connectivity index (χ1) is 8.27. The lowest BCUT2D eigenvalue weighted by atomic mass is 10.1. The molecule has 0 saturated heterocycles. The Morgan fingerprint density at radius 1 is 1.24 bits per heavy atom. The Balaban J connectivity index is 2.06. The number of hydrogen-bond donors (Lipinski definition) is 2. The van der Waals surface area contributed by atoms with E-state index in [-0.39, 0.29) is 5.91 Å². The molecule has 0 radical (unpaired) electrons. The Bertz CT molecular complexity index is 486. The van der Waals surface area contributed by atoms with Crippen LogP contribution < -0.4 is 11.1 Å². The molecule has 1 heterocycles. The zero-order valence-electron chi connectivity index (χ0n) is 9.08. The topological polar surface area (TPSA) is 80.9 Å². The molecular formula is C12H12N4O. The van der Waals surface area contributed by atoms with Crippen LogP contribution in [0.5, 0.6) is 0 Å². The normalized spacial score (nSPS) is 11.8. The van der Waals surface area contributed by atoms with E-state index < -0.39 is 6.04 Å². The van der Waals surface area contributed by atoms with Crippen LogP contribution in [0.1, 0.15) is 11.6 Å². The van der Waals surface area contributed by atoms with Crippen LogP contribution in [-0.4, -0.2) is 15.9 Å². The lowest BCUT2D eigenvalue weighted by molar-refractivity contribution is -0.117. The van der Waals surface area contributed by atoms with Gasteiger partial charge < -0.3 is 11.1 Å². The van der Waals surface area contributed by atoms with Gasteiger partial charge in [-0.05, 0) is 11.6 Å². The third kappa shape index (κ3) is 2.85. The number of carbonyl (C=O) groups is 1. The van der Waals surface area contributed by atoms with Crippen LogP contribution >= 0.6 is 0 Å². The minimum Gasteiger partial charge on any atom is -0.316 e. The molecule has 0 aliphatic carbocycles. The second-order valence-corrected chi connectivity index (χ2v) is 3.47. The highest BCUT2D eigenvalue weighted by atomic mass is 16.2. The number of benzene rings is 1. The fourth-order valence-corrected chi connectivity index (χ4v) is 1.38. The summed E-state index contributed by atoms with van der Waals surface area (Å²) in [5.41, 5.74) is 6.59. The maximum Gasteiger partial charge on any atom is 0.247 e. The van der Waals surface area contributed by atoms with Gasteiger partial charge in [0.2, 0.25) is 5.91 Å². The molecular weight excluding hydrogens is 216 g/mol. The average Bonchev–Trinajstić information content (AvgIpc) is 2.40. The molecule has 2 rings (SSSR count). The molecule has 0 spiro atoms. The highest BCUT2D eigenvalue weighted by Crippen LogP contribution is 2.11. The lowest BCUT2D eigenvalue weighted by Gasteiger charge is -2.11. The quantitative estimate of drug-likeness (QED) is 0.824. The Morgan fingerprint density at radius 2 is 2.00 bits per heavy atom. The van der Waals surface area contributed by atoms with Crippen molar-refractivity contribution in [1.82, 2.24) is 9.97 Å². The maximum atomic E-state index is 11.8. The van der Waals surface area contributed by atoms with Gasteiger partial charge in [0.15, 0.2) is 0 Å². The third-order valence-electron chi connectivity index (χ3n) is 2.27. The molecule has 17 heavy (non-hydrogen) atoms. The van der Waals surface area contributed by atoms with E-state index in [1.54, 1.807) is 12.3 Å². The molecule has 5 nitrogen and oxygen atoms in total. The molecule has 0 aliphatic heterocycles. The first-order valence-corrected chi connectivity index (χ1v) is 5.15. The number of aromatic nitrogens is 2. The lowest BCUT2D eigenvalue weighted by Crippen LogP contribution is -2.28. The molecule has 1 aromatic heterocycles. The van der Waals surface area contributed by atoms with Gasteiger partial charge in [-0.2, -0.15) is 0 Å². The van der Waals surface area contributed by atoms with Crippen molar-refractivity contribution in [3.8, 4) is 0 Å². The summed E-state index contributed by atoms with van der Waals surface area (Å²) in [7, 11) is 0. The van der Waals surface area contributed by atoms with E-state index in [4.69, 9.17) is 5.73 Å². The molecule has 1 aromatic carbocycles. The molecule has 1 unspecified atom stereocenters. The molecule has 0 fully saturated rings. The monoisotopic (exact) mass is 228 g/mol. The fraction of sp³-hybridized carbons (Fsp3) is 0.0833. The van der Waals surface area contributed by atoms with Crippen LogP contribution in [0.4, 0.5) is 5.82 Å².